The lowest BCUT2D eigenvalue weighted by molar-refractivity contribution is -0.153. The predicted octanol–water partition coefficient (Wildman–Crippen LogP) is 4.27. The second-order valence-corrected chi connectivity index (χ2v) is 8.12. The van der Waals surface area contributed by atoms with Gasteiger partial charge in [0.15, 0.2) is 0 Å². The zero-order valence-corrected chi connectivity index (χ0v) is 20.7. The van der Waals surface area contributed by atoms with Crippen LogP contribution in [0.15, 0.2) is 42.5 Å². The fourth-order valence-corrected chi connectivity index (χ4v) is 3.35. The molecule has 0 aliphatic heterocycles. The van der Waals surface area contributed by atoms with Gasteiger partial charge in [-0.15, -0.1) is 12.4 Å². The number of benzene rings is 2. The summed E-state index contributed by atoms with van der Waals surface area (Å²) in [6.07, 6.45) is 0.513. The molecule has 0 saturated carbocycles. The SMILES string of the molecule is COc1cccc(CCc2cc(Cl)ccc2OCC(CN(C)C)OC(=O)CCC(=O)O)c1.Cl. The smallest absolute Gasteiger partial charge is 0.306 e. The molecule has 7 nitrogen and oxygen atoms in total. The molecule has 2 aromatic rings. The third-order valence-corrected chi connectivity index (χ3v) is 4.91. The number of ether oxygens (including phenoxy) is 3. The number of rotatable bonds is 13. The Balaban J connectivity index is 0.00000544. The van der Waals surface area contributed by atoms with Crippen molar-refractivity contribution >= 4 is 35.9 Å². The van der Waals surface area contributed by atoms with Crippen LogP contribution in [0.3, 0.4) is 0 Å². The van der Waals surface area contributed by atoms with E-state index >= 15 is 0 Å². The number of likely N-dealkylation sites (N-methyl/N-ethyl adjacent to an activating group) is 1. The van der Waals surface area contributed by atoms with Crippen LogP contribution in [0, 0.1) is 0 Å². The van der Waals surface area contributed by atoms with Gasteiger partial charge in [0.1, 0.15) is 24.2 Å². The van der Waals surface area contributed by atoms with Gasteiger partial charge in [-0.05, 0) is 68.4 Å². The van der Waals surface area contributed by atoms with Crippen molar-refractivity contribution in [2.75, 3.05) is 34.4 Å². The molecule has 0 saturated heterocycles. The van der Waals surface area contributed by atoms with Gasteiger partial charge in [-0.25, -0.2) is 0 Å². The number of aliphatic carboxylic acids is 1. The molecule has 0 aliphatic carbocycles. The topological polar surface area (TPSA) is 85.3 Å². The van der Waals surface area contributed by atoms with Crippen molar-refractivity contribution in [3.05, 3.63) is 58.6 Å². The number of carbonyl (C=O) groups excluding carboxylic acids is 1. The van der Waals surface area contributed by atoms with Crippen LogP contribution in [-0.4, -0.2) is 62.4 Å². The highest BCUT2D eigenvalue weighted by Gasteiger charge is 2.18. The van der Waals surface area contributed by atoms with E-state index < -0.39 is 18.0 Å². The fourth-order valence-electron chi connectivity index (χ4n) is 3.16. The number of carbonyl (C=O) groups is 2. The number of carboxylic acid groups (broad SMARTS) is 1. The molecule has 0 spiro atoms. The van der Waals surface area contributed by atoms with Gasteiger partial charge in [0.25, 0.3) is 0 Å². The van der Waals surface area contributed by atoms with Crippen molar-refractivity contribution in [3.8, 4) is 11.5 Å². The van der Waals surface area contributed by atoms with Crippen LogP contribution < -0.4 is 9.47 Å². The van der Waals surface area contributed by atoms with Crippen molar-refractivity contribution in [3.63, 3.8) is 0 Å². The van der Waals surface area contributed by atoms with E-state index in [0.29, 0.717) is 23.7 Å². The summed E-state index contributed by atoms with van der Waals surface area (Å²) in [5.41, 5.74) is 2.08. The summed E-state index contributed by atoms with van der Waals surface area (Å²) in [6, 6.07) is 13.3. The first kappa shape index (κ1) is 28.6. The Bertz CT molecular complexity index is 906. The second kappa shape index (κ2) is 14.6. The highest BCUT2D eigenvalue weighted by Crippen LogP contribution is 2.25. The molecule has 2 rings (SSSR count). The van der Waals surface area contributed by atoms with Crippen molar-refractivity contribution in [1.82, 2.24) is 4.90 Å². The van der Waals surface area contributed by atoms with Gasteiger partial charge in [0, 0.05) is 11.6 Å². The zero-order valence-electron chi connectivity index (χ0n) is 19.1. The average Bonchev–Trinajstić information content (AvgIpc) is 2.75. The minimum Gasteiger partial charge on any atom is -0.497 e. The monoisotopic (exact) mass is 499 g/mol. The summed E-state index contributed by atoms with van der Waals surface area (Å²) in [4.78, 5) is 24.6. The minimum atomic E-state index is -1.04. The van der Waals surface area contributed by atoms with Gasteiger partial charge in [-0.1, -0.05) is 23.7 Å². The molecular weight excluding hydrogens is 469 g/mol. The first-order valence-electron chi connectivity index (χ1n) is 10.4. The molecule has 1 N–H and O–H groups in total. The van der Waals surface area contributed by atoms with Crippen molar-refractivity contribution in [1.29, 1.82) is 0 Å². The number of carboxylic acids is 1. The molecule has 0 amide bonds. The van der Waals surface area contributed by atoms with Gasteiger partial charge < -0.3 is 24.2 Å². The Labute approximate surface area is 206 Å². The van der Waals surface area contributed by atoms with Gasteiger partial charge >= 0.3 is 11.9 Å². The standard InChI is InChI=1S/C24H30ClNO6.ClH/c1-26(2)15-21(32-24(29)12-11-23(27)28)16-31-22-10-9-19(25)14-18(22)8-7-17-5-4-6-20(13-17)30-3;/h4-6,9-10,13-14,21H,7-8,11-12,15-16H2,1-3H3,(H,27,28);1H. The normalized spacial score (nSPS) is 11.4. The van der Waals surface area contributed by atoms with Crippen molar-refractivity contribution < 1.29 is 28.9 Å². The Morgan fingerprint density at radius 1 is 1.09 bits per heavy atom. The summed E-state index contributed by atoms with van der Waals surface area (Å²) in [5.74, 6) is -0.120. The molecular formula is C24H31Cl2NO6. The summed E-state index contributed by atoms with van der Waals surface area (Å²) in [5, 5.41) is 9.36. The number of hydrogen-bond donors (Lipinski definition) is 1. The molecule has 0 fully saturated rings. The summed E-state index contributed by atoms with van der Waals surface area (Å²) < 4.78 is 16.7. The third kappa shape index (κ3) is 10.8. The van der Waals surface area contributed by atoms with E-state index in [0.717, 1.165) is 23.3 Å². The van der Waals surface area contributed by atoms with E-state index in [1.54, 1.807) is 13.2 Å². The summed E-state index contributed by atoms with van der Waals surface area (Å²) in [6.45, 7) is 0.594. The number of nitrogens with zero attached hydrogens (tertiary/aromatic N) is 1. The Hall–Kier alpha value is -2.48. The highest BCUT2D eigenvalue weighted by molar-refractivity contribution is 6.30. The van der Waals surface area contributed by atoms with E-state index in [9.17, 15) is 9.59 Å². The maximum absolute atomic E-state index is 12.0. The van der Waals surface area contributed by atoms with Crippen molar-refractivity contribution in [2.24, 2.45) is 0 Å². The van der Waals surface area contributed by atoms with E-state index in [4.69, 9.17) is 30.9 Å². The Morgan fingerprint density at radius 2 is 1.85 bits per heavy atom. The number of halogens is 2. The summed E-state index contributed by atoms with van der Waals surface area (Å²) in [7, 11) is 5.36. The van der Waals surface area contributed by atoms with Crippen molar-refractivity contribution in [2.45, 2.75) is 31.8 Å². The van der Waals surface area contributed by atoms with E-state index in [2.05, 4.69) is 0 Å². The number of esters is 1. The van der Waals surface area contributed by atoms with E-state index in [-0.39, 0.29) is 31.9 Å². The zero-order chi connectivity index (χ0) is 23.5. The molecule has 0 bridgehead atoms. The van der Waals surface area contributed by atoms with E-state index in [1.807, 2.05) is 55.4 Å². The van der Waals surface area contributed by atoms with Crippen LogP contribution in [0.4, 0.5) is 0 Å². The Kier molecular flexibility index (Phi) is 12.7. The second-order valence-electron chi connectivity index (χ2n) is 7.68. The summed E-state index contributed by atoms with van der Waals surface area (Å²) >= 11 is 6.21. The molecule has 182 valence electrons. The molecule has 1 atom stereocenters. The van der Waals surface area contributed by atoms with Crippen LogP contribution in [0.25, 0.3) is 0 Å². The predicted molar refractivity (Wildman–Crippen MR) is 130 cm³/mol. The molecule has 0 aliphatic rings. The largest absolute Gasteiger partial charge is 0.497 e. The molecule has 9 heteroatoms. The van der Waals surface area contributed by atoms with Gasteiger partial charge in [0.2, 0.25) is 0 Å². The maximum Gasteiger partial charge on any atom is 0.306 e. The molecule has 0 aromatic heterocycles. The number of hydrogen-bond acceptors (Lipinski definition) is 6. The number of methoxy groups -OCH3 is 1. The molecule has 0 radical (unpaired) electrons. The van der Waals surface area contributed by atoms with Crippen LogP contribution in [0.5, 0.6) is 11.5 Å². The maximum atomic E-state index is 12.0. The molecule has 33 heavy (non-hydrogen) atoms. The van der Waals surface area contributed by atoms with Crippen LogP contribution in [-0.2, 0) is 27.2 Å². The molecule has 0 heterocycles. The van der Waals surface area contributed by atoms with E-state index in [1.165, 1.54) is 0 Å². The highest BCUT2D eigenvalue weighted by atomic mass is 35.5. The van der Waals surface area contributed by atoms with Crippen LogP contribution in [0.1, 0.15) is 24.0 Å². The third-order valence-electron chi connectivity index (χ3n) is 4.67. The minimum absolute atomic E-state index is 0. The lowest BCUT2D eigenvalue weighted by Gasteiger charge is -2.22. The average molecular weight is 500 g/mol. The van der Waals surface area contributed by atoms with Gasteiger partial charge in [-0.3, -0.25) is 9.59 Å². The quantitative estimate of drug-likeness (QED) is 0.411. The molecule has 2 aromatic carbocycles. The van der Waals surface area contributed by atoms with Crippen LogP contribution >= 0.6 is 24.0 Å². The van der Waals surface area contributed by atoms with Gasteiger partial charge in [-0.2, -0.15) is 0 Å². The first-order valence-corrected chi connectivity index (χ1v) is 10.7. The first-order chi connectivity index (χ1) is 15.3. The fraction of sp³-hybridized carbons (Fsp3) is 0.417. The van der Waals surface area contributed by atoms with Crippen LogP contribution in [0.2, 0.25) is 5.02 Å². The lowest BCUT2D eigenvalue weighted by Crippen LogP contribution is -2.35. The lowest BCUT2D eigenvalue weighted by atomic mass is 10.0. The number of aryl methyl sites for hydroxylation is 2. The Morgan fingerprint density at radius 3 is 2.52 bits per heavy atom. The molecule has 1 unspecified atom stereocenters. The van der Waals surface area contributed by atoms with Gasteiger partial charge in [0.05, 0.1) is 20.0 Å².